The summed E-state index contributed by atoms with van der Waals surface area (Å²) in [5, 5.41) is 3.37. The van der Waals surface area contributed by atoms with E-state index in [1.54, 1.807) is 0 Å². The van der Waals surface area contributed by atoms with Gasteiger partial charge in [0, 0.05) is 19.3 Å². The maximum atomic E-state index is 5.35. The normalized spacial score (nSPS) is 12.6. The van der Waals surface area contributed by atoms with Crippen molar-refractivity contribution >= 4 is 0 Å². The first-order chi connectivity index (χ1) is 7.86. The second-order valence-electron chi connectivity index (χ2n) is 4.01. The van der Waals surface area contributed by atoms with Gasteiger partial charge in [0.05, 0.1) is 0 Å². The number of likely N-dealkylation sites (N-methyl/N-ethyl adjacent to an activating group) is 1. The minimum Gasteiger partial charge on any atom is -0.382 e. The number of hydrogen-bond acceptors (Lipinski definition) is 2. The minimum absolute atomic E-state index is 0.558. The average Bonchev–Trinajstić information content (AvgIpc) is 2.34. The molecule has 0 aromatic heterocycles. The van der Waals surface area contributed by atoms with E-state index < -0.39 is 0 Å². The third kappa shape index (κ3) is 5.29. The summed E-state index contributed by atoms with van der Waals surface area (Å²) >= 11 is 0. The fraction of sp³-hybridized carbons (Fsp3) is 0.571. The Bertz CT molecular complexity index is 261. The average molecular weight is 221 g/mol. The van der Waals surface area contributed by atoms with Crippen LogP contribution in [-0.4, -0.2) is 26.3 Å². The fourth-order valence-corrected chi connectivity index (χ4v) is 1.82. The van der Waals surface area contributed by atoms with Gasteiger partial charge in [0.1, 0.15) is 0 Å². The summed E-state index contributed by atoms with van der Waals surface area (Å²) in [6, 6.07) is 11.2. The van der Waals surface area contributed by atoms with Crippen LogP contribution < -0.4 is 5.32 Å². The van der Waals surface area contributed by atoms with Gasteiger partial charge in [0.15, 0.2) is 0 Å². The number of benzene rings is 1. The largest absolute Gasteiger partial charge is 0.382 e. The summed E-state index contributed by atoms with van der Waals surface area (Å²) in [7, 11) is 2.04. The van der Waals surface area contributed by atoms with Crippen LogP contribution in [-0.2, 0) is 11.2 Å². The van der Waals surface area contributed by atoms with Crippen LogP contribution in [0.25, 0.3) is 0 Å². The summed E-state index contributed by atoms with van der Waals surface area (Å²) in [5.74, 6) is 0. The molecule has 1 aromatic carbocycles. The number of hydrogen-bond donors (Lipinski definition) is 1. The van der Waals surface area contributed by atoms with Gasteiger partial charge in [-0.2, -0.15) is 0 Å². The standard InChI is InChI=1S/C14H23NO/c1-3-16-11-7-10-14(15-2)12-13-8-5-4-6-9-13/h4-6,8-9,14-15H,3,7,10-12H2,1-2H3. The zero-order chi connectivity index (χ0) is 11.6. The minimum atomic E-state index is 0.558. The van der Waals surface area contributed by atoms with E-state index in [2.05, 4.69) is 35.6 Å². The van der Waals surface area contributed by atoms with Gasteiger partial charge in [-0.25, -0.2) is 0 Å². The van der Waals surface area contributed by atoms with Crippen LogP contribution in [0.5, 0.6) is 0 Å². The van der Waals surface area contributed by atoms with Crippen LogP contribution in [0.3, 0.4) is 0 Å². The Kier molecular flexibility index (Phi) is 6.86. The van der Waals surface area contributed by atoms with Crippen molar-refractivity contribution in [1.82, 2.24) is 5.32 Å². The lowest BCUT2D eigenvalue weighted by atomic mass is 10.0. The molecular formula is C14H23NO. The lowest BCUT2D eigenvalue weighted by Crippen LogP contribution is -2.27. The van der Waals surface area contributed by atoms with Gasteiger partial charge in [-0.3, -0.25) is 0 Å². The molecule has 90 valence electrons. The third-order valence-electron chi connectivity index (χ3n) is 2.78. The molecule has 1 N–H and O–H groups in total. The Hall–Kier alpha value is -0.860. The molecule has 0 spiro atoms. The molecule has 1 rings (SSSR count). The highest BCUT2D eigenvalue weighted by molar-refractivity contribution is 5.15. The van der Waals surface area contributed by atoms with Crippen molar-refractivity contribution in [3.8, 4) is 0 Å². The predicted octanol–water partition coefficient (Wildman–Crippen LogP) is 2.63. The van der Waals surface area contributed by atoms with Gasteiger partial charge in [-0.05, 0) is 38.8 Å². The SMILES string of the molecule is CCOCCCC(Cc1ccccc1)NC. The van der Waals surface area contributed by atoms with Gasteiger partial charge in [-0.1, -0.05) is 30.3 Å². The van der Waals surface area contributed by atoms with Crippen LogP contribution in [0.4, 0.5) is 0 Å². The predicted molar refractivity (Wildman–Crippen MR) is 68.7 cm³/mol. The molecule has 0 aliphatic rings. The fourth-order valence-electron chi connectivity index (χ4n) is 1.82. The van der Waals surface area contributed by atoms with Gasteiger partial charge < -0.3 is 10.1 Å². The van der Waals surface area contributed by atoms with E-state index in [0.717, 1.165) is 26.1 Å². The topological polar surface area (TPSA) is 21.3 Å². The summed E-state index contributed by atoms with van der Waals surface area (Å²) in [5.41, 5.74) is 1.40. The van der Waals surface area contributed by atoms with Crippen molar-refractivity contribution in [2.75, 3.05) is 20.3 Å². The molecule has 0 saturated heterocycles. The molecule has 0 bridgehead atoms. The Labute approximate surface area is 99.0 Å². The van der Waals surface area contributed by atoms with E-state index in [0.29, 0.717) is 6.04 Å². The van der Waals surface area contributed by atoms with Gasteiger partial charge in [-0.15, -0.1) is 0 Å². The first-order valence-corrected chi connectivity index (χ1v) is 6.15. The highest BCUT2D eigenvalue weighted by atomic mass is 16.5. The zero-order valence-corrected chi connectivity index (χ0v) is 10.4. The smallest absolute Gasteiger partial charge is 0.0466 e. The van der Waals surface area contributed by atoms with Gasteiger partial charge in [0.2, 0.25) is 0 Å². The van der Waals surface area contributed by atoms with Crippen LogP contribution >= 0.6 is 0 Å². The second-order valence-corrected chi connectivity index (χ2v) is 4.01. The van der Waals surface area contributed by atoms with Crippen molar-refractivity contribution in [1.29, 1.82) is 0 Å². The van der Waals surface area contributed by atoms with E-state index in [4.69, 9.17) is 4.74 Å². The van der Waals surface area contributed by atoms with Crippen molar-refractivity contribution < 1.29 is 4.74 Å². The molecule has 1 unspecified atom stereocenters. The zero-order valence-electron chi connectivity index (χ0n) is 10.4. The molecule has 1 atom stereocenters. The van der Waals surface area contributed by atoms with Crippen molar-refractivity contribution in [2.45, 2.75) is 32.2 Å². The van der Waals surface area contributed by atoms with E-state index in [-0.39, 0.29) is 0 Å². The van der Waals surface area contributed by atoms with E-state index in [1.807, 2.05) is 14.0 Å². The van der Waals surface area contributed by atoms with Crippen molar-refractivity contribution in [2.24, 2.45) is 0 Å². The molecule has 16 heavy (non-hydrogen) atoms. The molecular weight excluding hydrogens is 198 g/mol. The molecule has 0 saturated carbocycles. The van der Waals surface area contributed by atoms with Crippen LogP contribution in [0.2, 0.25) is 0 Å². The van der Waals surface area contributed by atoms with E-state index in [1.165, 1.54) is 12.0 Å². The summed E-state index contributed by atoms with van der Waals surface area (Å²) < 4.78 is 5.35. The van der Waals surface area contributed by atoms with E-state index in [9.17, 15) is 0 Å². The second kappa shape index (κ2) is 8.31. The number of rotatable bonds is 8. The number of nitrogens with one attached hydrogen (secondary N) is 1. The Morgan fingerprint density at radius 2 is 2.00 bits per heavy atom. The quantitative estimate of drug-likeness (QED) is 0.681. The molecule has 0 amide bonds. The summed E-state index contributed by atoms with van der Waals surface area (Å²) in [6.45, 7) is 3.74. The van der Waals surface area contributed by atoms with Crippen molar-refractivity contribution in [3.05, 3.63) is 35.9 Å². The van der Waals surface area contributed by atoms with Crippen LogP contribution in [0, 0.1) is 0 Å². The molecule has 2 nitrogen and oxygen atoms in total. The monoisotopic (exact) mass is 221 g/mol. The molecule has 0 aliphatic heterocycles. The maximum Gasteiger partial charge on any atom is 0.0466 e. The summed E-state index contributed by atoms with van der Waals surface area (Å²) in [4.78, 5) is 0. The van der Waals surface area contributed by atoms with Crippen molar-refractivity contribution in [3.63, 3.8) is 0 Å². The molecule has 1 aromatic rings. The van der Waals surface area contributed by atoms with Crippen LogP contribution in [0.1, 0.15) is 25.3 Å². The highest BCUT2D eigenvalue weighted by Crippen LogP contribution is 2.07. The Balaban J connectivity index is 2.26. The molecule has 0 aliphatic carbocycles. The van der Waals surface area contributed by atoms with Gasteiger partial charge in [0.25, 0.3) is 0 Å². The lowest BCUT2D eigenvalue weighted by Gasteiger charge is -2.16. The molecule has 2 heteroatoms. The first kappa shape index (κ1) is 13.2. The number of ether oxygens (including phenoxy) is 1. The Morgan fingerprint density at radius 1 is 1.25 bits per heavy atom. The van der Waals surface area contributed by atoms with Gasteiger partial charge >= 0.3 is 0 Å². The summed E-state index contributed by atoms with van der Waals surface area (Å²) in [6.07, 6.45) is 3.40. The van der Waals surface area contributed by atoms with Crippen LogP contribution in [0.15, 0.2) is 30.3 Å². The van der Waals surface area contributed by atoms with E-state index >= 15 is 0 Å². The molecule has 0 radical (unpaired) electrons. The third-order valence-corrected chi connectivity index (χ3v) is 2.78. The molecule has 0 heterocycles. The molecule has 0 fully saturated rings. The lowest BCUT2D eigenvalue weighted by molar-refractivity contribution is 0.141. The Morgan fingerprint density at radius 3 is 2.62 bits per heavy atom. The maximum absolute atomic E-state index is 5.35. The highest BCUT2D eigenvalue weighted by Gasteiger charge is 2.06. The first-order valence-electron chi connectivity index (χ1n) is 6.15.